The van der Waals surface area contributed by atoms with Gasteiger partial charge < -0.3 is 15.8 Å². The van der Waals surface area contributed by atoms with Gasteiger partial charge in [0.25, 0.3) is 0 Å². The molecule has 4 N–H and O–H groups in total. The number of H-pyrrole nitrogens is 1. The lowest BCUT2D eigenvalue weighted by Crippen LogP contribution is -2.03. The van der Waals surface area contributed by atoms with Gasteiger partial charge in [-0.1, -0.05) is 12.1 Å². The van der Waals surface area contributed by atoms with Gasteiger partial charge in [0.1, 0.15) is 11.6 Å². The van der Waals surface area contributed by atoms with E-state index in [4.69, 9.17) is 15.5 Å². The van der Waals surface area contributed by atoms with E-state index in [-0.39, 0.29) is 0 Å². The van der Waals surface area contributed by atoms with Crippen LogP contribution in [0.15, 0.2) is 66.9 Å². The van der Waals surface area contributed by atoms with Gasteiger partial charge in [0.15, 0.2) is 5.82 Å². The molecule has 0 aliphatic rings. The van der Waals surface area contributed by atoms with Crippen LogP contribution in [0, 0.1) is 0 Å². The molecule has 0 radical (unpaired) electrons. The maximum atomic E-state index is 11.4. The zero-order chi connectivity index (χ0) is 21.4. The molecule has 0 fully saturated rings. The normalized spacial score (nSPS) is 11.0. The molecule has 0 saturated carbocycles. The first-order chi connectivity index (χ1) is 15.0. The molecule has 8 nitrogen and oxygen atoms in total. The average Bonchev–Trinajstić information content (AvgIpc) is 3.21. The van der Waals surface area contributed by atoms with Crippen molar-refractivity contribution in [3.8, 4) is 17.1 Å². The topological polar surface area (TPSA) is 119 Å². The van der Waals surface area contributed by atoms with Gasteiger partial charge in [-0.15, -0.1) is 0 Å². The predicted octanol–water partition coefficient (Wildman–Crippen LogP) is 4.42. The molecule has 2 aromatic heterocycles. The molecule has 0 aliphatic carbocycles. The number of hydrogen-bond acceptors (Lipinski definition) is 7. The van der Waals surface area contributed by atoms with Crippen LogP contribution in [0.4, 0.5) is 17.2 Å². The number of nitrogens with zero attached hydrogens (tertiary/aromatic N) is 3. The molecule has 2 heterocycles. The molecular weight excluding hydrogens is 392 g/mol. The highest BCUT2D eigenvalue weighted by Gasteiger charge is 2.13. The second-order valence-corrected chi connectivity index (χ2v) is 7.09. The van der Waals surface area contributed by atoms with Crippen molar-refractivity contribution < 1.29 is 9.53 Å². The molecule has 0 spiro atoms. The standard InChI is InChI=1S/C23H18N6O2/c1-13(30)31-18-6-8-21-19(11-18)23(26-17-5-7-20-15(10-17)12-25-29-20)28-22(27-21)14-3-2-4-16(24)9-14/h2-12H,24H2,1H3,(H,25,29)(H,26,27,28). The number of carbonyl (C=O) groups excluding carboxylic acids is 1. The first kappa shape index (κ1) is 18.6. The summed E-state index contributed by atoms with van der Waals surface area (Å²) in [6.45, 7) is 1.36. The highest BCUT2D eigenvalue weighted by Crippen LogP contribution is 2.31. The summed E-state index contributed by atoms with van der Waals surface area (Å²) in [7, 11) is 0. The van der Waals surface area contributed by atoms with Crippen molar-refractivity contribution in [3.05, 3.63) is 66.9 Å². The Morgan fingerprint density at radius 2 is 1.97 bits per heavy atom. The lowest BCUT2D eigenvalue weighted by Gasteiger charge is -2.12. The molecule has 0 atom stereocenters. The van der Waals surface area contributed by atoms with E-state index in [9.17, 15) is 4.79 Å². The number of esters is 1. The first-order valence-corrected chi connectivity index (χ1v) is 9.61. The van der Waals surface area contributed by atoms with E-state index < -0.39 is 5.97 Å². The number of benzene rings is 3. The summed E-state index contributed by atoms with van der Waals surface area (Å²) in [4.78, 5) is 20.8. The molecule has 0 aliphatic heterocycles. The Labute approximate surface area is 177 Å². The molecule has 8 heteroatoms. The van der Waals surface area contributed by atoms with Gasteiger partial charge in [-0.3, -0.25) is 9.89 Å². The molecule has 0 saturated heterocycles. The number of nitrogens with one attached hydrogen (secondary N) is 2. The minimum Gasteiger partial charge on any atom is -0.427 e. The fourth-order valence-electron chi connectivity index (χ4n) is 3.40. The van der Waals surface area contributed by atoms with Crippen LogP contribution in [0.3, 0.4) is 0 Å². The number of fused-ring (bicyclic) bond motifs is 2. The van der Waals surface area contributed by atoms with Crippen LogP contribution < -0.4 is 15.8 Å². The number of aromatic nitrogens is 4. The smallest absolute Gasteiger partial charge is 0.308 e. The number of anilines is 3. The molecule has 3 aromatic carbocycles. The number of carbonyl (C=O) groups is 1. The Bertz CT molecular complexity index is 1440. The van der Waals surface area contributed by atoms with Gasteiger partial charge in [-0.2, -0.15) is 5.10 Å². The molecule has 5 rings (SSSR count). The number of aromatic amines is 1. The van der Waals surface area contributed by atoms with Gasteiger partial charge in [-0.25, -0.2) is 9.97 Å². The number of rotatable bonds is 4. The van der Waals surface area contributed by atoms with Crippen LogP contribution in [-0.2, 0) is 4.79 Å². The Morgan fingerprint density at radius 1 is 1.06 bits per heavy atom. The predicted molar refractivity (Wildman–Crippen MR) is 120 cm³/mol. The Balaban J connectivity index is 1.66. The van der Waals surface area contributed by atoms with Crippen molar-refractivity contribution in [2.24, 2.45) is 0 Å². The van der Waals surface area contributed by atoms with E-state index in [1.165, 1.54) is 6.92 Å². The maximum absolute atomic E-state index is 11.4. The minimum atomic E-state index is -0.392. The Hall–Kier alpha value is -4.46. The van der Waals surface area contributed by atoms with Crippen molar-refractivity contribution in [1.82, 2.24) is 20.2 Å². The summed E-state index contributed by atoms with van der Waals surface area (Å²) in [5.74, 6) is 1.15. The Kier molecular flexibility index (Phi) is 4.44. The first-order valence-electron chi connectivity index (χ1n) is 9.61. The summed E-state index contributed by atoms with van der Waals surface area (Å²) in [6.07, 6.45) is 1.76. The van der Waals surface area contributed by atoms with Crippen LogP contribution in [0.2, 0.25) is 0 Å². The lowest BCUT2D eigenvalue weighted by atomic mass is 10.1. The summed E-state index contributed by atoms with van der Waals surface area (Å²) in [5.41, 5.74) is 9.87. The van der Waals surface area contributed by atoms with Crippen LogP contribution in [0.1, 0.15) is 6.92 Å². The van der Waals surface area contributed by atoms with E-state index in [1.807, 2.05) is 42.5 Å². The second-order valence-electron chi connectivity index (χ2n) is 7.09. The molecule has 152 valence electrons. The molecular formula is C23H18N6O2. The second kappa shape index (κ2) is 7.42. The minimum absolute atomic E-state index is 0.392. The van der Waals surface area contributed by atoms with Gasteiger partial charge >= 0.3 is 5.97 Å². The zero-order valence-electron chi connectivity index (χ0n) is 16.6. The number of nitrogens with two attached hydrogens (primary N) is 1. The van der Waals surface area contributed by atoms with Gasteiger partial charge in [-0.05, 0) is 48.5 Å². The van der Waals surface area contributed by atoms with Crippen LogP contribution in [0.25, 0.3) is 33.2 Å². The van der Waals surface area contributed by atoms with E-state index in [2.05, 4.69) is 20.5 Å². The quantitative estimate of drug-likeness (QED) is 0.228. The number of nitrogen functional groups attached to an aromatic ring is 1. The van der Waals surface area contributed by atoms with Crippen molar-refractivity contribution in [2.45, 2.75) is 6.92 Å². The van der Waals surface area contributed by atoms with Gasteiger partial charge in [0, 0.05) is 34.6 Å². The molecule has 31 heavy (non-hydrogen) atoms. The van der Waals surface area contributed by atoms with Gasteiger partial charge in [0.2, 0.25) is 0 Å². The van der Waals surface area contributed by atoms with Crippen LogP contribution in [0.5, 0.6) is 5.75 Å². The van der Waals surface area contributed by atoms with Crippen LogP contribution >= 0.6 is 0 Å². The third-order valence-corrected chi connectivity index (χ3v) is 4.78. The average molecular weight is 410 g/mol. The van der Waals surface area contributed by atoms with E-state index >= 15 is 0 Å². The number of hydrogen-bond donors (Lipinski definition) is 3. The van der Waals surface area contributed by atoms with E-state index in [1.54, 1.807) is 24.4 Å². The maximum Gasteiger partial charge on any atom is 0.308 e. The Morgan fingerprint density at radius 3 is 2.81 bits per heavy atom. The summed E-state index contributed by atoms with van der Waals surface area (Å²) >= 11 is 0. The van der Waals surface area contributed by atoms with Crippen molar-refractivity contribution in [1.29, 1.82) is 0 Å². The molecule has 0 amide bonds. The third kappa shape index (κ3) is 3.74. The largest absolute Gasteiger partial charge is 0.427 e. The molecule has 5 aromatic rings. The molecule has 0 bridgehead atoms. The van der Waals surface area contributed by atoms with Crippen molar-refractivity contribution in [3.63, 3.8) is 0 Å². The highest BCUT2D eigenvalue weighted by molar-refractivity contribution is 5.94. The zero-order valence-corrected chi connectivity index (χ0v) is 16.6. The lowest BCUT2D eigenvalue weighted by molar-refractivity contribution is -0.131. The monoisotopic (exact) mass is 410 g/mol. The van der Waals surface area contributed by atoms with Crippen molar-refractivity contribution >= 4 is 45.0 Å². The molecule has 0 unspecified atom stereocenters. The van der Waals surface area contributed by atoms with E-state index in [0.29, 0.717) is 28.6 Å². The summed E-state index contributed by atoms with van der Waals surface area (Å²) < 4.78 is 5.25. The van der Waals surface area contributed by atoms with Gasteiger partial charge in [0.05, 0.1) is 17.2 Å². The summed E-state index contributed by atoms with van der Waals surface area (Å²) in [6, 6.07) is 18.5. The fraction of sp³-hybridized carbons (Fsp3) is 0.0435. The fourth-order valence-corrected chi connectivity index (χ4v) is 3.40. The highest BCUT2D eigenvalue weighted by atomic mass is 16.5. The van der Waals surface area contributed by atoms with E-state index in [0.717, 1.165) is 27.5 Å². The number of ether oxygens (including phenoxy) is 1. The van der Waals surface area contributed by atoms with Crippen molar-refractivity contribution in [2.75, 3.05) is 11.1 Å². The third-order valence-electron chi connectivity index (χ3n) is 4.78. The van der Waals surface area contributed by atoms with Crippen LogP contribution in [-0.4, -0.2) is 26.1 Å². The summed E-state index contributed by atoms with van der Waals surface area (Å²) in [5, 5.41) is 12.1. The SMILES string of the molecule is CC(=O)Oc1ccc2nc(-c3cccc(N)c3)nc(Nc3ccc4[nH]ncc4c3)c2c1.